The Bertz CT molecular complexity index is 807. The zero-order chi connectivity index (χ0) is 20.1. The van der Waals surface area contributed by atoms with Crippen molar-refractivity contribution in [3.63, 3.8) is 0 Å². The molecule has 5 heteroatoms. The van der Waals surface area contributed by atoms with Crippen LogP contribution in [0.5, 0.6) is 0 Å². The van der Waals surface area contributed by atoms with Crippen LogP contribution in [0.1, 0.15) is 45.1 Å². The maximum absolute atomic E-state index is 12.5. The Labute approximate surface area is 167 Å². The van der Waals surface area contributed by atoms with E-state index in [4.69, 9.17) is 0 Å². The van der Waals surface area contributed by atoms with E-state index in [1.807, 2.05) is 48.5 Å². The molecule has 0 aliphatic carbocycles. The minimum atomic E-state index is -0.212. The van der Waals surface area contributed by atoms with Gasteiger partial charge in [0.2, 0.25) is 11.8 Å². The van der Waals surface area contributed by atoms with Crippen molar-refractivity contribution in [3.8, 4) is 0 Å². The molecule has 0 spiro atoms. The van der Waals surface area contributed by atoms with Gasteiger partial charge in [-0.3, -0.25) is 9.59 Å². The Morgan fingerprint density at radius 2 is 1.61 bits per heavy atom. The molecule has 1 heterocycles. The first-order chi connectivity index (χ1) is 13.4. The highest BCUT2D eigenvalue weighted by atomic mass is 16.2. The molecule has 0 bridgehead atoms. The maximum Gasteiger partial charge on any atom is 0.244 e. The van der Waals surface area contributed by atoms with E-state index in [0.717, 1.165) is 24.5 Å². The molecule has 1 aliphatic rings. The van der Waals surface area contributed by atoms with Crippen molar-refractivity contribution in [3.05, 3.63) is 54.1 Å². The standard InChI is InChI=1S/C23H29N3O2/c1-17(2)19-6-8-20(9-7-19)24-23(28)16-26(18(3)27)22-12-10-21(11-13-22)25-14-4-5-15-25/h6-13,17H,4-5,14-16H2,1-3H3,(H,24,28). The molecule has 0 atom stereocenters. The largest absolute Gasteiger partial charge is 0.372 e. The molecule has 0 radical (unpaired) electrons. The van der Waals surface area contributed by atoms with Gasteiger partial charge in [0, 0.05) is 37.1 Å². The average molecular weight is 380 g/mol. The summed E-state index contributed by atoms with van der Waals surface area (Å²) in [5, 5.41) is 2.88. The first kappa shape index (κ1) is 19.9. The average Bonchev–Trinajstić information content (AvgIpc) is 3.21. The van der Waals surface area contributed by atoms with Crippen molar-refractivity contribution < 1.29 is 9.59 Å². The third-order valence-corrected chi connectivity index (χ3v) is 5.18. The molecule has 0 aromatic heterocycles. The molecule has 2 aromatic rings. The zero-order valence-electron chi connectivity index (χ0n) is 16.9. The molecule has 148 valence electrons. The summed E-state index contributed by atoms with van der Waals surface area (Å²) in [5.74, 6) is 0.0804. The lowest BCUT2D eigenvalue weighted by Crippen LogP contribution is -2.36. The summed E-state index contributed by atoms with van der Waals surface area (Å²) in [5.41, 5.74) is 3.86. The fourth-order valence-electron chi connectivity index (χ4n) is 3.50. The lowest BCUT2D eigenvalue weighted by Gasteiger charge is -2.23. The number of amides is 2. The predicted octanol–water partition coefficient (Wildman–Crippen LogP) is 4.40. The van der Waals surface area contributed by atoms with Gasteiger partial charge in [-0.15, -0.1) is 0 Å². The quantitative estimate of drug-likeness (QED) is 0.809. The van der Waals surface area contributed by atoms with Crippen molar-refractivity contribution in [2.24, 2.45) is 0 Å². The van der Waals surface area contributed by atoms with Crippen LogP contribution in [0, 0.1) is 0 Å². The van der Waals surface area contributed by atoms with Gasteiger partial charge in [0.05, 0.1) is 0 Å². The number of carbonyl (C=O) groups is 2. The normalized spacial score (nSPS) is 13.6. The lowest BCUT2D eigenvalue weighted by molar-refractivity contribution is -0.120. The molecule has 1 N–H and O–H groups in total. The maximum atomic E-state index is 12.5. The molecule has 2 aromatic carbocycles. The molecule has 0 unspecified atom stereocenters. The molecule has 1 fully saturated rings. The Hall–Kier alpha value is -2.82. The van der Waals surface area contributed by atoms with Crippen LogP contribution in [0.3, 0.4) is 0 Å². The van der Waals surface area contributed by atoms with Crippen LogP contribution >= 0.6 is 0 Å². The Morgan fingerprint density at radius 3 is 2.14 bits per heavy atom. The summed E-state index contributed by atoms with van der Waals surface area (Å²) in [4.78, 5) is 28.5. The summed E-state index contributed by atoms with van der Waals surface area (Å²) < 4.78 is 0. The Kier molecular flexibility index (Phi) is 6.34. The SMILES string of the molecule is CC(=O)N(CC(=O)Nc1ccc(C(C)C)cc1)c1ccc(N2CCCC2)cc1. The van der Waals surface area contributed by atoms with Gasteiger partial charge in [-0.05, 0) is 60.7 Å². The minimum absolute atomic E-state index is 0.00960. The highest BCUT2D eigenvalue weighted by Gasteiger charge is 2.17. The molecule has 5 nitrogen and oxygen atoms in total. The topological polar surface area (TPSA) is 52.7 Å². The number of anilines is 3. The number of benzene rings is 2. The molecule has 28 heavy (non-hydrogen) atoms. The smallest absolute Gasteiger partial charge is 0.244 e. The van der Waals surface area contributed by atoms with Crippen molar-refractivity contribution in [2.45, 2.75) is 39.5 Å². The summed E-state index contributed by atoms with van der Waals surface area (Å²) in [6.07, 6.45) is 2.44. The summed E-state index contributed by atoms with van der Waals surface area (Å²) in [7, 11) is 0. The van der Waals surface area contributed by atoms with Gasteiger partial charge in [0.25, 0.3) is 0 Å². The molecule has 2 amide bonds. The number of nitrogens with zero attached hydrogens (tertiary/aromatic N) is 2. The minimum Gasteiger partial charge on any atom is -0.372 e. The van der Waals surface area contributed by atoms with Gasteiger partial charge < -0.3 is 15.1 Å². The van der Waals surface area contributed by atoms with Crippen molar-refractivity contribution in [2.75, 3.05) is 34.8 Å². The number of hydrogen-bond donors (Lipinski definition) is 1. The first-order valence-corrected chi connectivity index (χ1v) is 9.97. The van der Waals surface area contributed by atoms with E-state index in [2.05, 4.69) is 24.1 Å². The van der Waals surface area contributed by atoms with E-state index in [1.54, 1.807) is 0 Å². The van der Waals surface area contributed by atoms with Crippen LogP contribution in [0.2, 0.25) is 0 Å². The molecule has 1 saturated heterocycles. The number of hydrogen-bond acceptors (Lipinski definition) is 3. The number of nitrogens with one attached hydrogen (secondary N) is 1. The van der Waals surface area contributed by atoms with Gasteiger partial charge in [0.1, 0.15) is 6.54 Å². The van der Waals surface area contributed by atoms with Crippen LogP contribution < -0.4 is 15.1 Å². The van der Waals surface area contributed by atoms with Gasteiger partial charge in [-0.25, -0.2) is 0 Å². The van der Waals surface area contributed by atoms with Crippen LogP contribution in [0.4, 0.5) is 17.1 Å². The van der Waals surface area contributed by atoms with Crippen LogP contribution in [0.15, 0.2) is 48.5 Å². The number of carbonyl (C=O) groups excluding carboxylic acids is 2. The van der Waals surface area contributed by atoms with E-state index in [-0.39, 0.29) is 18.4 Å². The zero-order valence-corrected chi connectivity index (χ0v) is 16.9. The summed E-state index contributed by atoms with van der Waals surface area (Å²) >= 11 is 0. The van der Waals surface area contributed by atoms with Crippen LogP contribution in [-0.4, -0.2) is 31.4 Å². The van der Waals surface area contributed by atoms with Crippen LogP contribution in [-0.2, 0) is 9.59 Å². The monoisotopic (exact) mass is 379 g/mol. The highest BCUT2D eigenvalue weighted by molar-refractivity contribution is 6.01. The van der Waals surface area contributed by atoms with E-state index in [1.165, 1.54) is 35.9 Å². The molecule has 3 rings (SSSR count). The highest BCUT2D eigenvalue weighted by Crippen LogP contribution is 2.24. The van der Waals surface area contributed by atoms with E-state index < -0.39 is 0 Å². The fraction of sp³-hybridized carbons (Fsp3) is 0.391. The third-order valence-electron chi connectivity index (χ3n) is 5.18. The molecule has 1 aliphatic heterocycles. The summed E-state index contributed by atoms with van der Waals surface area (Å²) in [6.45, 7) is 7.89. The second-order valence-electron chi connectivity index (χ2n) is 7.64. The third kappa shape index (κ3) is 4.91. The van der Waals surface area contributed by atoms with Crippen molar-refractivity contribution in [1.82, 2.24) is 0 Å². The molecule has 0 saturated carbocycles. The first-order valence-electron chi connectivity index (χ1n) is 9.97. The molecular weight excluding hydrogens is 350 g/mol. The summed E-state index contributed by atoms with van der Waals surface area (Å²) in [6, 6.07) is 15.7. The van der Waals surface area contributed by atoms with Crippen LogP contribution in [0.25, 0.3) is 0 Å². The van der Waals surface area contributed by atoms with Gasteiger partial charge >= 0.3 is 0 Å². The predicted molar refractivity (Wildman–Crippen MR) is 115 cm³/mol. The van der Waals surface area contributed by atoms with Crippen molar-refractivity contribution in [1.29, 1.82) is 0 Å². The lowest BCUT2D eigenvalue weighted by atomic mass is 10.0. The van der Waals surface area contributed by atoms with E-state index in [0.29, 0.717) is 5.92 Å². The van der Waals surface area contributed by atoms with E-state index >= 15 is 0 Å². The second-order valence-corrected chi connectivity index (χ2v) is 7.64. The van der Waals surface area contributed by atoms with E-state index in [9.17, 15) is 9.59 Å². The number of rotatable bonds is 6. The van der Waals surface area contributed by atoms with Crippen molar-refractivity contribution >= 4 is 28.9 Å². The molecular formula is C23H29N3O2. The van der Waals surface area contributed by atoms with Gasteiger partial charge in [0.15, 0.2) is 0 Å². The fourth-order valence-corrected chi connectivity index (χ4v) is 3.50. The Balaban J connectivity index is 1.65. The van der Waals surface area contributed by atoms with Gasteiger partial charge in [-0.2, -0.15) is 0 Å². The van der Waals surface area contributed by atoms with Gasteiger partial charge in [-0.1, -0.05) is 26.0 Å². The Morgan fingerprint density at radius 1 is 1.00 bits per heavy atom. The second kappa shape index (κ2) is 8.91.